The van der Waals surface area contributed by atoms with E-state index in [4.69, 9.17) is 10.6 Å². The number of rotatable bonds is 6. The van der Waals surface area contributed by atoms with Gasteiger partial charge in [0.15, 0.2) is 6.10 Å². The number of ether oxygens (including phenoxy) is 1. The molecule has 1 unspecified atom stereocenters. The van der Waals surface area contributed by atoms with Crippen LogP contribution in [-0.2, 0) is 4.79 Å². The smallest absolute Gasteiger partial charge is 0.406 e. The van der Waals surface area contributed by atoms with Crippen LogP contribution in [0.4, 0.5) is 5.82 Å². The van der Waals surface area contributed by atoms with Gasteiger partial charge < -0.3 is 14.9 Å². The number of hydrogen-bond donors (Lipinski definition) is 2. The molecular weight excluding hydrogens is 252 g/mol. The molecule has 8 nitrogen and oxygen atoms in total. The van der Waals surface area contributed by atoms with E-state index in [1.165, 1.54) is 6.07 Å². The highest BCUT2D eigenvalue weighted by Crippen LogP contribution is 2.26. The summed E-state index contributed by atoms with van der Waals surface area (Å²) in [5.41, 5.74) is 2.47. The first-order chi connectivity index (χ1) is 8.99. The van der Waals surface area contributed by atoms with Crippen LogP contribution in [0.5, 0.6) is 5.75 Å². The fraction of sp³-hybridized carbons (Fsp3) is 0.455. The minimum atomic E-state index is -0.877. The molecule has 0 aliphatic heterocycles. The van der Waals surface area contributed by atoms with Gasteiger partial charge in [-0.15, -0.1) is 0 Å². The van der Waals surface area contributed by atoms with Crippen LogP contribution < -0.4 is 16.0 Å². The van der Waals surface area contributed by atoms with Crippen LogP contribution >= 0.6 is 0 Å². The van der Waals surface area contributed by atoms with Gasteiger partial charge in [0.2, 0.25) is 5.75 Å². The maximum absolute atomic E-state index is 11.5. The van der Waals surface area contributed by atoms with E-state index in [-0.39, 0.29) is 5.75 Å². The Morgan fingerprint density at radius 1 is 1.63 bits per heavy atom. The third kappa shape index (κ3) is 3.88. The van der Waals surface area contributed by atoms with Gasteiger partial charge in [0.05, 0.1) is 0 Å². The molecule has 0 saturated carbocycles. The Morgan fingerprint density at radius 3 is 2.84 bits per heavy atom. The Morgan fingerprint density at radius 2 is 2.32 bits per heavy atom. The van der Waals surface area contributed by atoms with Gasteiger partial charge in [-0.1, -0.05) is 13.3 Å². The lowest BCUT2D eigenvalue weighted by atomic mass is 10.2. The topological polar surface area (TPSA) is 120 Å². The molecule has 0 spiro atoms. The SMILES string of the molecule is CCCC(Oc1ccc(C)nc1[N+](=O)[O-])C(=O)NN. The molecule has 1 heterocycles. The number of hydrogen-bond acceptors (Lipinski definition) is 6. The van der Waals surface area contributed by atoms with Crippen LogP contribution in [0, 0.1) is 17.0 Å². The molecule has 0 saturated heterocycles. The zero-order valence-electron chi connectivity index (χ0n) is 10.8. The number of carbonyl (C=O) groups excluding carboxylic acids is 1. The summed E-state index contributed by atoms with van der Waals surface area (Å²) in [6, 6.07) is 3.00. The monoisotopic (exact) mass is 268 g/mol. The number of aryl methyl sites for hydroxylation is 1. The van der Waals surface area contributed by atoms with Crippen LogP contribution in [0.1, 0.15) is 25.5 Å². The first-order valence-electron chi connectivity index (χ1n) is 5.78. The van der Waals surface area contributed by atoms with Crippen LogP contribution in [0.25, 0.3) is 0 Å². The molecular formula is C11H16N4O4. The third-order valence-corrected chi connectivity index (χ3v) is 2.41. The van der Waals surface area contributed by atoms with Crippen molar-refractivity contribution < 1.29 is 14.5 Å². The molecule has 1 aromatic rings. The molecule has 0 aliphatic rings. The standard InChI is InChI=1S/C11H16N4O4/c1-3-4-9(11(16)14-12)19-8-6-5-7(2)13-10(8)15(17)18/h5-6,9H,3-4,12H2,1-2H3,(H,14,16). The number of nitrogens with one attached hydrogen (secondary N) is 1. The Balaban J connectivity index is 3.02. The van der Waals surface area contributed by atoms with Gasteiger partial charge in [0.25, 0.3) is 5.91 Å². The van der Waals surface area contributed by atoms with E-state index in [0.29, 0.717) is 18.5 Å². The number of nitrogens with zero attached hydrogens (tertiary/aromatic N) is 2. The number of nitro groups is 1. The second kappa shape index (κ2) is 6.64. The minimum absolute atomic E-state index is 0.0438. The Kier molecular flexibility index (Phi) is 5.19. The summed E-state index contributed by atoms with van der Waals surface area (Å²) in [5, 5.41) is 10.9. The van der Waals surface area contributed by atoms with Crippen LogP contribution in [0.3, 0.4) is 0 Å². The van der Waals surface area contributed by atoms with E-state index < -0.39 is 22.8 Å². The van der Waals surface area contributed by atoms with Crippen molar-refractivity contribution in [2.75, 3.05) is 0 Å². The number of hydrazine groups is 1. The highest BCUT2D eigenvalue weighted by Gasteiger charge is 2.24. The highest BCUT2D eigenvalue weighted by atomic mass is 16.6. The zero-order valence-corrected chi connectivity index (χ0v) is 10.8. The third-order valence-electron chi connectivity index (χ3n) is 2.41. The van der Waals surface area contributed by atoms with Crippen molar-refractivity contribution in [2.24, 2.45) is 5.84 Å². The minimum Gasteiger partial charge on any atom is -0.472 e. The van der Waals surface area contributed by atoms with Gasteiger partial charge in [-0.25, -0.2) is 5.84 Å². The second-order valence-corrected chi connectivity index (χ2v) is 3.94. The number of amides is 1. The Hall–Kier alpha value is -2.22. The molecule has 0 aliphatic carbocycles. The first kappa shape index (κ1) is 14.8. The van der Waals surface area contributed by atoms with Crippen molar-refractivity contribution in [3.05, 3.63) is 27.9 Å². The number of aromatic nitrogens is 1. The van der Waals surface area contributed by atoms with Crippen molar-refractivity contribution in [1.29, 1.82) is 0 Å². The maximum atomic E-state index is 11.5. The van der Waals surface area contributed by atoms with Crippen molar-refractivity contribution in [2.45, 2.75) is 32.8 Å². The summed E-state index contributed by atoms with van der Waals surface area (Å²) in [5.74, 6) is 4.06. The molecule has 0 aromatic carbocycles. The Labute approximate surface area is 110 Å². The molecule has 0 radical (unpaired) electrons. The van der Waals surface area contributed by atoms with E-state index in [1.54, 1.807) is 13.0 Å². The molecule has 104 valence electrons. The van der Waals surface area contributed by atoms with E-state index in [9.17, 15) is 14.9 Å². The van der Waals surface area contributed by atoms with Crippen molar-refractivity contribution >= 4 is 11.7 Å². The van der Waals surface area contributed by atoms with Gasteiger partial charge in [-0.05, 0) is 28.5 Å². The summed E-state index contributed by atoms with van der Waals surface area (Å²) in [4.78, 5) is 25.5. The summed E-state index contributed by atoms with van der Waals surface area (Å²) < 4.78 is 5.36. The van der Waals surface area contributed by atoms with E-state index in [0.717, 1.165) is 0 Å². The van der Waals surface area contributed by atoms with Crippen LogP contribution in [-0.4, -0.2) is 21.9 Å². The number of nitrogens with two attached hydrogens (primary N) is 1. The molecule has 1 amide bonds. The number of pyridine rings is 1. The Bertz CT molecular complexity index is 478. The summed E-state index contributed by atoms with van der Waals surface area (Å²) >= 11 is 0. The van der Waals surface area contributed by atoms with Gasteiger partial charge in [0.1, 0.15) is 5.69 Å². The summed E-state index contributed by atoms with van der Waals surface area (Å²) in [7, 11) is 0. The average Bonchev–Trinajstić information content (AvgIpc) is 2.38. The van der Waals surface area contributed by atoms with Gasteiger partial charge in [-0.3, -0.25) is 10.2 Å². The average molecular weight is 268 g/mol. The zero-order chi connectivity index (χ0) is 14.4. The van der Waals surface area contributed by atoms with Crippen LogP contribution in [0.15, 0.2) is 12.1 Å². The quantitative estimate of drug-likeness (QED) is 0.341. The lowest BCUT2D eigenvalue weighted by Gasteiger charge is -2.16. The molecule has 1 rings (SSSR count). The van der Waals surface area contributed by atoms with Gasteiger partial charge >= 0.3 is 5.82 Å². The lowest BCUT2D eigenvalue weighted by Crippen LogP contribution is -2.42. The summed E-state index contributed by atoms with van der Waals surface area (Å²) in [6.45, 7) is 3.49. The lowest BCUT2D eigenvalue weighted by molar-refractivity contribution is -0.390. The van der Waals surface area contributed by atoms with E-state index >= 15 is 0 Å². The molecule has 0 fully saturated rings. The second-order valence-electron chi connectivity index (χ2n) is 3.94. The van der Waals surface area contributed by atoms with Crippen LogP contribution in [0.2, 0.25) is 0 Å². The molecule has 3 N–H and O–H groups in total. The fourth-order valence-corrected chi connectivity index (χ4v) is 1.50. The summed E-state index contributed by atoms with van der Waals surface area (Å²) in [6.07, 6.45) is 0.192. The normalized spacial score (nSPS) is 11.7. The molecule has 0 bridgehead atoms. The fourth-order valence-electron chi connectivity index (χ4n) is 1.50. The number of carbonyl (C=O) groups is 1. The van der Waals surface area contributed by atoms with E-state index in [1.807, 2.05) is 12.3 Å². The van der Waals surface area contributed by atoms with Crippen molar-refractivity contribution in [3.8, 4) is 5.75 Å². The van der Waals surface area contributed by atoms with E-state index in [2.05, 4.69) is 4.98 Å². The van der Waals surface area contributed by atoms with Gasteiger partial charge in [-0.2, -0.15) is 0 Å². The molecule has 19 heavy (non-hydrogen) atoms. The molecule has 8 heteroatoms. The predicted octanol–water partition coefficient (Wildman–Crippen LogP) is 0.836. The van der Waals surface area contributed by atoms with Crippen molar-refractivity contribution in [3.63, 3.8) is 0 Å². The molecule has 1 atom stereocenters. The van der Waals surface area contributed by atoms with Gasteiger partial charge in [0, 0.05) is 6.92 Å². The highest BCUT2D eigenvalue weighted by molar-refractivity contribution is 5.80. The largest absolute Gasteiger partial charge is 0.472 e. The maximum Gasteiger partial charge on any atom is 0.406 e. The first-order valence-corrected chi connectivity index (χ1v) is 5.78. The predicted molar refractivity (Wildman–Crippen MR) is 67.3 cm³/mol. The van der Waals surface area contributed by atoms with Crippen molar-refractivity contribution in [1.82, 2.24) is 10.4 Å². The molecule has 1 aromatic heterocycles.